The number of carbonyl (C=O) groups excluding carboxylic acids is 2. The number of esters is 2. The highest BCUT2D eigenvalue weighted by Gasteiger charge is 2.72. The summed E-state index contributed by atoms with van der Waals surface area (Å²) in [4.78, 5) is 31.7. The predicted molar refractivity (Wildman–Crippen MR) is 226 cm³/mol. The second-order valence-corrected chi connectivity index (χ2v) is 21.8. The van der Waals surface area contributed by atoms with Crippen molar-refractivity contribution in [2.75, 3.05) is 57.8 Å². The number of aliphatic hydroxyl groups is 5. The molecule has 2 aliphatic heterocycles. The van der Waals surface area contributed by atoms with Gasteiger partial charge in [-0.2, -0.15) is 0 Å². The molecule has 3 fully saturated rings. The van der Waals surface area contributed by atoms with Gasteiger partial charge in [-0.25, -0.2) is 4.98 Å². The number of nitrogens with zero attached hydrogens (tertiary/aromatic N) is 1. The molecule has 0 bridgehead atoms. The summed E-state index contributed by atoms with van der Waals surface area (Å²) in [7, 11) is 3.26. The zero-order valence-electron chi connectivity index (χ0n) is 33.6. The normalized spacial score (nSPS) is 31.7. The van der Waals surface area contributed by atoms with Gasteiger partial charge in [0.25, 0.3) is 0 Å². The molecule has 1 saturated carbocycles. The lowest BCUT2D eigenvalue weighted by molar-refractivity contribution is -0.345. The van der Waals surface area contributed by atoms with Crippen molar-refractivity contribution in [3.05, 3.63) is 24.4 Å². The Bertz CT molecular complexity index is 1450. The fourth-order valence-electron chi connectivity index (χ4n) is 6.83. The second kappa shape index (κ2) is 23.6. The molecule has 0 radical (unpaired) electrons. The maximum absolute atomic E-state index is 14.2. The summed E-state index contributed by atoms with van der Waals surface area (Å²) in [5, 5.41) is 52.5. The number of rotatable bonds is 23. The summed E-state index contributed by atoms with van der Waals surface area (Å²) in [6, 6.07) is 5.78. The zero-order chi connectivity index (χ0) is 42.5. The number of ether oxygens (including phenoxy) is 7. The molecule has 58 heavy (non-hydrogen) atoms. The Morgan fingerprint density at radius 2 is 1.72 bits per heavy atom. The standard InChI is InChI=1S/C38H59NO14S5/c1-6-55-35(54)57-37(5)22-38(37,34(46)50-20-27-30(43)26(42)18-29(52-27)53-33-31(44)25(41)17-24(19-40)51-33)21-36(3,4)23(2)32(45)49-14-13-47-11-12-48-15-16-56-58-28-9-7-8-10-39-28/h7-10,23-27,29-31,33,40-44H,6,11-22H2,1-5H3. The summed E-state index contributed by atoms with van der Waals surface area (Å²) in [5.41, 5.74) is -1.79. The van der Waals surface area contributed by atoms with Gasteiger partial charge in [-0.1, -0.05) is 68.5 Å². The van der Waals surface area contributed by atoms with Crippen LogP contribution >= 0.6 is 57.3 Å². The first-order valence-corrected chi connectivity index (χ1v) is 23.9. The van der Waals surface area contributed by atoms with Crippen LogP contribution in [0.5, 0.6) is 0 Å². The van der Waals surface area contributed by atoms with Crippen molar-refractivity contribution in [1.29, 1.82) is 0 Å². The van der Waals surface area contributed by atoms with Crippen molar-refractivity contribution in [2.45, 2.75) is 119 Å². The molecule has 20 heteroatoms. The average Bonchev–Trinajstić information content (AvgIpc) is 3.77. The van der Waals surface area contributed by atoms with Crippen molar-refractivity contribution in [2.24, 2.45) is 16.7 Å². The molecule has 3 heterocycles. The number of thiocarbonyl (C=S) groups is 1. The number of hydrogen-bond donors (Lipinski definition) is 5. The van der Waals surface area contributed by atoms with Crippen molar-refractivity contribution in [3.63, 3.8) is 0 Å². The summed E-state index contributed by atoms with van der Waals surface area (Å²) in [5.74, 6) is -0.0237. The largest absolute Gasteiger partial charge is 0.463 e. The molecular formula is C38H59NO14S5. The average molecular weight is 914 g/mol. The van der Waals surface area contributed by atoms with Gasteiger partial charge in [0, 0.05) is 29.5 Å². The lowest BCUT2D eigenvalue weighted by atomic mass is 9.71. The van der Waals surface area contributed by atoms with Gasteiger partial charge in [0.15, 0.2) is 12.6 Å². The highest BCUT2D eigenvalue weighted by Crippen LogP contribution is 2.70. The quantitative estimate of drug-likeness (QED) is 0.0459. The minimum absolute atomic E-state index is 0.000475. The number of thioether (sulfide) groups is 2. The smallest absolute Gasteiger partial charge is 0.313 e. The highest BCUT2D eigenvalue weighted by atomic mass is 33.1. The van der Waals surface area contributed by atoms with Gasteiger partial charge in [0.1, 0.15) is 40.1 Å². The Morgan fingerprint density at radius 3 is 2.41 bits per heavy atom. The van der Waals surface area contributed by atoms with Crippen LogP contribution in [0.15, 0.2) is 29.4 Å². The summed E-state index contributed by atoms with van der Waals surface area (Å²) >= 11 is 8.56. The monoisotopic (exact) mass is 913 g/mol. The molecule has 15 nitrogen and oxygen atoms in total. The Morgan fingerprint density at radius 1 is 1.02 bits per heavy atom. The Balaban J connectivity index is 1.27. The molecule has 0 amide bonds. The van der Waals surface area contributed by atoms with Gasteiger partial charge in [0.2, 0.25) is 0 Å². The van der Waals surface area contributed by atoms with Crippen LogP contribution in [0.2, 0.25) is 0 Å². The molecule has 11 unspecified atom stereocenters. The van der Waals surface area contributed by atoms with E-state index >= 15 is 0 Å². The fraction of sp³-hybridized carbons (Fsp3) is 0.789. The Labute approximate surface area is 362 Å². The van der Waals surface area contributed by atoms with Gasteiger partial charge in [-0.3, -0.25) is 9.59 Å². The van der Waals surface area contributed by atoms with Crippen LogP contribution in [0.4, 0.5) is 0 Å². The van der Waals surface area contributed by atoms with Crippen LogP contribution in [0.25, 0.3) is 0 Å². The number of pyridine rings is 1. The summed E-state index contributed by atoms with van der Waals surface area (Å²) in [6.45, 7) is 10.3. The van der Waals surface area contributed by atoms with E-state index in [-0.39, 0.29) is 32.5 Å². The number of hydrogen-bond acceptors (Lipinski definition) is 20. The van der Waals surface area contributed by atoms with Crippen LogP contribution in [0.3, 0.4) is 0 Å². The summed E-state index contributed by atoms with van der Waals surface area (Å²) < 4.78 is 39.8. The van der Waals surface area contributed by atoms with Gasteiger partial charge in [-0.05, 0) is 53.9 Å². The molecule has 330 valence electrons. The first kappa shape index (κ1) is 49.8. The van der Waals surface area contributed by atoms with Gasteiger partial charge >= 0.3 is 11.9 Å². The molecule has 1 aromatic rings. The van der Waals surface area contributed by atoms with E-state index in [1.165, 1.54) is 23.5 Å². The van der Waals surface area contributed by atoms with E-state index in [1.807, 2.05) is 45.9 Å². The first-order valence-electron chi connectivity index (χ1n) is 19.4. The molecular weight excluding hydrogens is 855 g/mol. The number of aromatic nitrogens is 1. The molecule has 3 aliphatic rings. The minimum Gasteiger partial charge on any atom is -0.463 e. The summed E-state index contributed by atoms with van der Waals surface area (Å²) in [6.07, 6.45) is -7.76. The zero-order valence-corrected chi connectivity index (χ0v) is 37.7. The predicted octanol–water partition coefficient (Wildman–Crippen LogP) is 3.60. The number of aliphatic hydroxyl groups excluding tert-OH is 5. The molecule has 1 aromatic heterocycles. The molecule has 2 saturated heterocycles. The van der Waals surface area contributed by atoms with Gasteiger partial charge in [-0.15, -0.1) is 11.8 Å². The van der Waals surface area contributed by atoms with Crippen molar-refractivity contribution in [3.8, 4) is 0 Å². The molecule has 11 atom stereocenters. The van der Waals surface area contributed by atoms with Crippen molar-refractivity contribution < 1.29 is 68.3 Å². The van der Waals surface area contributed by atoms with Crippen LogP contribution in [-0.4, -0.2) is 158 Å². The van der Waals surface area contributed by atoms with Crippen LogP contribution in [0, 0.1) is 16.7 Å². The lowest BCUT2D eigenvalue weighted by Crippen LogP contribution is -2.55. The number of carbonyl (C=O) groups is 2. The third-order valence-electron chi connectivity index (χ3n) is 10.6. The molecule has 1 aliphatic carbocycles. The molecule has 0 aromatic carbocycles. The van der Waals surface area contributed by atoms with Gasteiger partial charge in [0.05, 0.1) is 62.7 Å². The minimum atomic E-state index is -1.45. The third-order valence-corrected chi connectivity index (χ3v) is 15.7. The molecule has 5 N–H and O–H groups in total. The van der Waals surface area contributed by atoms with E-state index < -0.39 is 95.9 Å². The van der Waals surface area contributed by atoms with Gasteiger partial charge < -0.3 is 58.7 Å². The topological polar surface area (TPSA) is 213 Å². The lowest BCUT2D eigenvalue weighted by Gasteiger charge is -2.41. The molecule has 0 spiro atoms. The maximum Gasteiger partial charge on any atom is 0.313 e. The molecule has 4 rings (SSSR count). The van der Waals surface area contributed by atoms with E-state index in [0.717, 1.165) is 16.5 Å². The third kappa shape index (κ3) is 14.1. The Kier molecular flexibility index (Phi) is 20.3. The van der Waals surface area contributed by atoms with Crippen molar-refractivity contribution in [1.82, 2.24) is 4.98 Å². The van der Waals surface area contributed by atoms with Crippen LogP contribution in [0.1, 0.15) is 60.3 Å². The SMILES string of the molecule is CCSC(=S)SC1(C)CC1(CC(C)(C)C(C)C(=O)OCCOCCOCCSSc1ccccn1)C(=O)OCC1OC(OC2OC(CO)CC(O)C2O)CC(O)C1O. The maximum atomic E-state index is 14.2. The highest BCUT2D eigenvalue weighted by molar-refractivity contribution is 8.76. The van der Waals surface area contributed by atoms with E-state index in [2.05, 4.69) is 4.98 Å². The van der Waals surface area contributed by atoms with E-state index in [0.29, 0.717) is 29.8 Å². The van der Waals surface area contributed by atoms with Crippen molar-refractivity contribution >= 4 is 72.8 Å². The fourth-order valence-corrected chi connectivity index (χ4v) is 11.9. The van der Waals surface area contributed by atoms with E-state index in [9.17, 15) is 35.1 Å². The van der Waals surface area contributed by atoms with E-state index in [4.69, 9.17) is 45.4 Å². The van der Waals surface area contributed by atoms with Crippen LogP contribution < -0.4 is 0 Å². The second-order valence-electron chi connectivity index (χ2n) is 15.4. The Hall–Kier alpha value is -0.820. The van der Waals surface area contributed by atoms with E-state index in [1.54, 1.807) is 34.7 Å². The van der Waals surface area contributed by atoms with Crippen LogP contribution in [-0.2, 0) is 42.7 Å². The first-order chi connectivity index (χ1) is 27.6.